The Kier molecular flexibility index (Phi) is 12.3. The molecule has 0 aliphatic carbocycles. The van der Waals surface area contributed by atoms with Gasteiger partial charge in [-0.1, -0.05) is 0 Å². The van der Waals surface area contributed by atoms with Gasteiger partial charge in [-0.2, -0.15) is 0 Å². The topological polar surface area (TPSA) is 6.48 Å². The van der Waals surface area contributed by atoms with Crippen molar-refractivity contribution in [3.63, 3.8) is 0 Å². The Balaban J connectivity index is 2.44. The first-order chi connectivity index (χ1) is 15.9. The Morgan fingerprint density at radius 1 is 0.529 bits per heavy atom. The molecule has 0 amide bonds. The van der Waals surface area contributed by atoms with Gasteiger partial charge >= 0.3 is 227 Å². The van der Waals surface area contributed by atoms with E-state index in [1.807, 2.05) is 0 Å². The fraction of sp³-hybridized carbons (Fsp3) is 0.571. The average Bonchev–Trinajstić information content (AvgIpc) is 2.80. The second kappa shape index (κ2) is 13.7. The van der Waals surface area contributed by atoms with Crippen LogP contribution in [0.15, 0.2) is 60.7 Å². The van der Waals surface area contributed by atoms with Crippen LogP contribution in [-0.4, -0.2) is 75.3 Å². The van der Waals surface area contributed by atoms with Crippen molar-refractivity contribution in [3.05, 3.63) is 71.8 Å². The molecule has 0 N–H and O–H groups in total. The van der Waals surface area contributed by atoms with Crippen molar-refractivity contribution in [2.75, 3.05) is 13.1 Å². The van der Waals surface area contributed by atoms with E-state index in [2.05, 4.69) is 156 Å². The van der Waals surface area contributed by atoms with Crippen LogP contribution < -0.4 is 0 Å². The van der Waals surface area contributed by atoms with Crippen LogP contribution in [0, 0.1) is 0 Å². The van der Waals surface area contributed by atoms with Crippen LogP contribution >= 0.6 is 11.3 Å². The quantitative estimate of drug-likeness (QED) is 0.166. The van der Waals surface area contributed by atoms with E-state index in [1.165, 1.54) is 11.1 Å². The molecule has 0 aliphatic rings. The molecule has 0 saturated heterocycles. The third kappa shape index (κ3) is 7.40. The van der Waals surface area contributed by atoms with Crippen LogP contribution in [-0.2, 0) is 13.1 Å². The van der Waals surface area contributed by atoms with Crippen LogP contribution in [0.4, 0.5) is 0 Å². The zero-order valence-corrected chi connectivity index (χ0v) is 27.7. The minimum absolute atomic E-state index is 0.627. The number of benzene rings is 2. The molecular formula is C28H46N2P2Se2. The van der Waals surface area contributed by atoms with E-state index in [1.54, 1.807) is 0 Å². The average molecular weight is 631 g/mol. The molecule has 0 unspecified atom stereocenters. The number of rotatable bonds is 13. The predicted octanol–water partition coefficient (Wildman–Crippen LogP) is 7.66. The van der Waals surface area contributed by atoms with Crippen molar-refractivity contribution in [1.82, 2.24) is 9.34 Å². The van der Waals surface area contributed by atoms with E-state index < -0.39 is 11.3 Å². The van der Waals surface area contributed by atoms with E-state index in [0.29, 0.717) is 22.6 Å². The van der Waals surface area contributed by atoms with Crippen LogP contribution in [0.25, 0.3) is 0 Å². The van der Waals surface area contributed by atoms with E-state index in [9.17, 15) is 0 Å². The molecule has 2 nitrogen and oxygen atoms in total. The first-order valence-corrected chi connectivity index (χ1v) is 20.9. The van der Waals surface area contributed by atoms with Gasteiger partial charge in [0.05, 0.1) is 0 Å². The summed E-state index contributed by atoms with van der Waals surface area (Å²) in [6.07, 6.45) is 0. The first kappa shape index (κ1) is 30.5. The van der Waals surface area contributed by atoms with Gasteiger partial charge in [0.25, 0.3) is 0 Å². The van der Waals surface area contributed by atoms with E-state index in [-0.39, 0.29) is 0 Å². The number of nitrogens with zero attached hydrogens (tertiary/aromatic N) is 2. The normalized spacial score (nSPS) is 13.2. The summed E-state index contributed by atoms with van der Waals surface area (Å²) in [6.45, 7) is 23.5. The van der Waals surface area contributed by atoms with Crippen molar-refractivity contribution in [2.24, 2.45) is 0 Å². The Morgan fingerprint density at radius 3 is 1.03 bits per heavy atom. The van der Waals surface area contributed by atoms with Gasteiger partial charge in [0.15, 0.2) is 0 Å². The monoisotopic (exact) mass is 632 g/mol. The maximum absolute atomic E-state index is 3.79. The van der Waals surface area contributed by atoms with Gasteiger partial charge in [0.1, 0.15) is 0 Å². The summed E-state index contributed by atoms with van der Waals surface area (Å²) in [4.78, 5) is 0. The minimum atomic E-state index is -1.44. The standard InChI is InChI=1S/C28H46N2P2Se2/c1-23(2)31(33,24(3)4)29(21-27-15-11-9-12-16-27)19-20-30(22-28-17-13-10-14-18-28)32(34,25(5)6)26(7)8/h9-18,23-26H,19-22H2,1-8H3. The van der Waals surface area contributed by atoms with Gasteiger partial charge in [0.2, 0.25) is 0 Å². The van der Waals surface area contributed by atoms with Crippen LogP contribution in [0.5, 0.6) is 0 Å². The van der Waals surface area contributed by atoms with Crippen molar-refractivity contribution in [2.45, 2.75) is 91.1 Å². The van der Waals surface area contributed by atoms with Crippen LogP contribution in [0.3, 0.4) is 0 Å². The Bertz CT molecular complexity index is 855. The molecule has 0 aromatic heterocycles. The summed E-state index contributed by atoms with van der Waals surface area (Å²) in [6, 6.07) is 22.1. The summed E-state index contributed by atoms with van der Waals surface area (Å²) in [5.41, 5.74) is 2.44. The third-order valence-electron chi connectivity index (χ3n) is 6.88. The first-order valence-electron chi connectivity index (χ1n) is 12.7. The number of hydrogen-bond acceptors (Lipinski definition) is 2. The van der Waals surface area contributed by atoms with Gasteiger partial charge < -0.3 is 0 Å². The molecule has 2 rings (SSSR count). The summed E-state index contributed by atoms with van der Waals surface area (Å²) in [7, 11) is 0. The van der Waals surface area contributed by atoms with Crippen molar-refractivity contribution in [1.29, 1.82) is 0 Å². The molecule has 2 aromatic carbocycles. The second-order valence-electron chi connectivity index (χ2n) is 10.5. The van der Waals surface area contributed by atoms with Crippen LogP contribution in [0.1, 0.15) is 66.5 Å². The SMILES string of the molecule is CC(C)P(=[Se])(C(C)C)N(CCN(Cc1ccccc1)P(=[Se])(C(C)C)C(C)C)Cc1ccccc1. The number of hydrogen-bond donors (Lipinski definition) is 0. The van der Waals surface area contributed by atoms with Crippen molar-refractivity contribution < 1.29 is 0 Å². The molecule has 0 fully saturated rings. The van der Waals surface area contributed by atoms with Crippen molar-refractivity contribution >= 4 is 41.5 Å². The van der Waals surface area contributed by atoms with Gasteiger partial charge in [-0.15, -0.1) is 0 Å². The molecule has 0 saturated carbocycles. The predicted molar refractivity (Wildman–Crippen MR) is 160 cm³/mol. The molecule has 0 radical (unpaired) electrons. The third-order valence-corrected chi connectivity index (χ3v) is 28.8. The molecule has 2 aromatic rings. The van der Waals surface area contributed by atoms with E-state index in [4.69, 9.17) is 0 Å². The summed E-state index contributed by atoms with van der Waals surface area (Å²) >= 11 is 7.57. The molecule has 0 aliphatic heterocycles. The molecule has 0 spiro atoms. The molecule has 0 bridgehead atoms. The Morgan fingerprint density at radius 2 is 0.794 bits per heavy atom. The van der Waals surface area contributed by atoms with E-state index in [0.717, 1.165) is 26.2 Å². The summed E-state index contributed by atoms with van der Waals surface area (Å²) in [5, 5.41) is 0. The fourth-order valence-electron chi connectivity index (χ4n) is 5.01. The van der Waals surface area contributed by atoms with Gasteiger partial charge in [-0.3, -0.25) is 0 Å². The molecule has 0 heterocycles. The summed E-state index contributed by atoms with van der Waals surface area (Å²) in [5.74, 6) is 0. The molecule has 6 heteroatoms. The Hall–Kier alpha value is 0.259. The van der Waals surface area contributed by atoms with Gasteiger partial charge in [-0.05, 0) is 0 Å². The van der Waals surface area contributed by atoms with Crippen LogP contribution in [0.2, 0.25) is 0 Å². The van der Waals surface area contributed by atoms with E-state index >= 15 is 0 Å². The maximum atomic E-state index is 3.79. The Labute approximate surface area is 225 Å². The van der Waals surface area contributed by atoms with Gasteiger partial charge in [-0.25, -0.2) is 0 Å². The second-order valence-corrected chi connectivity index (χ2v) is 25.8. The van der Waals surface area contributed by atoms with Crippen molar-refractivity contribution in [3.8, 4) is 0 Å². The fourth-order valence-corrected chi connectivity index (χ4v) is 13.3. The zero-order valence-electron chi connectivity index (χ0n) is 22.5. The molecular weight excluding hydrogens is 584 g/mol. The molecule has 34 heavy (non-hydrogen) atoms. The van der Waals surface area contributed by atoms with Gasteiger partial charge in [0, 0.05) is 0 Å². The molecule has 0 atom stereocenters. The molecule has 190 valence electrons. The summed E-state index contributed by atoms with van der Waals surface area (Å²) < 4.78 is 5.67. The zero-order chi connectivity index (χ0) is 25.5.